The van der Waals surface area contributed by atoms with Crippen molar-refractivity contribution in [3.05, 3.63) is 59.0 Å². The van der Waals surface area contributed by atoms with E-state index < -0.39 is 27.6 Å². The van der Waals surface area contributed by atoms with Gasteiger partial charge in [0.25, 0.3) is 5.91 Å². The maximum atomic E-state index is 12.1. The number of amides is 1. The van der Waals surface area contributed by atoms with E-state index in [2.05, 4.69) is 5.32 Å². The number of aliphatic carboxylic acids is 1. The van der Waals surface area contributed by atoms with E-state index >= 15 is 0 Å². The molecular formula is C18H21NO6S. The highest BCUT2D eigenvalue weighted by Gasteiger charge is 2.21. The highest BCUT2D eigenvalue weighted by atomic mass is 32.2. The predicted molar refractivity (Wildman–Crippen MR) is 95.6 cm³/mol. The molecule has 0 aliphatic heterocycles. The minimum absolute atomic E-state index is 0.0525. The molecule has 8 heteroatoms. The fraction of sp³-hybridized carbons (Fsp3) is 0.333. The number of aryl methyl sites for hydroxylation is 1. The molecule has 1 unspecified atom stereocenters. The van der Waals surface area contributed by atoms with E-state index in [9.17, 15) is 23.1 Å². The number of carboxylic acid groups (broad SMARTS) is 1. The van der Waals surface area contributed by atoms with Crippen molar-refractivity contribution in [1.29, 1.82) is 0 Å². The Hall–Kier alpha value is -2.61. The summed E-state index contributed by atoms with van der Waals surface area (Å²) in [4.78, 5) is 23.6. The molecule has 1 aromatic heterocycles. The third-order valence-corrected chi connectivity index (χ3v) is 4.52. The third-order valence-electron chi connectivity index (χ3n) is 3.71. The molecule has 0 aliphatic rings. The molecule has 0 spiro atoms. The van der Waals surface area contributed by atoms with Crippen molar-refractivity contribution >= 4 is 21.7 Å². The minimum Gasteiger partial charge on any atom is -0.481 e. The Morgan fingerprint density at radius 2 is 1.96 bits per heavy atom. The fourth-order valence-corrected chi connectivity index (χ4v) is 3.18. The second kappa shape index (κ2) is 8.18. The van der Waals surface area contributed by atoms with Crippen LogP contribution in [0.4, 0.5) is 0 Å². The van der Waals surface area contributed by atoms with Crippen molar-refractivity contribution in [2.75, 3.05) is 12.8 Å². The summed E-state index contributed by atoms with van der Waals surface area (Å²) in [6.07, 6.45) is 1.35. The van der Waals surface area contributed by atoms with E-state index in [1.807, 2.05) is 31.2 Å². The van der Waals surface area contributed by atoms with Gasteiger partial charge in [0.05, 0.1) is 5.92 Å². The maximum absolute atomic E-state index is 12.1. The van der Waals surface area contributed by atoms with E-state index in [4.69, 9.17) is 4.42 Å². The van der Waals surface area contributed by atoms with E-state index in [0.717, 1.165) is 17.4 Å². The average Bonchev–Trinajstić information content (AvgIpc) is 2.97. The molecule has 1 amide bonds. The largest absolute Gasteiger partial charge is 0.481 e. The molecular weight excluding hydrogens is 358 g/mol. The molecule has 1 heterocycles. The highest BCUT2D eigenvalue weighted by Crippen LogP contribution is 2.13. The summed E-state index contributed by atoms with van der Waals surface area (Å²) < 4.78 is 27.7. The fourth-order valence-electron chi connectivity index (χ4n) is 2.51. The molecule has 0 aliphatic carbocycles. The number of furan rings is 1. The lowest BCUT2D eigenvalue weighted by Gasteiger charge is -2.13. The predicted octanol–water partition coefficient (Wildman–Crippen LogP) is 1.81. The Kier molecular flexibility index (Phi) is 6.20. The lowest BCUT2D eigenvalue weighted by atomic mass is 9.98. The lowest BCUT2D eigenvalue weighted by Crippen LogP contribution is -2.34. The molecule has 0 saturated heterocycles. The molecule has 26 heavy (non-hydrogen) atoms. The van der Waals surface area contributed by atoms with Gasteiger partial charge in [-0.2, -0.15) is 0 Å². The van der Waals surface area contributed by atoms with Crippen molar-refractivity contribution in [1.82, 2.24) is 5.32 Å². The van der Waals surface area contributed by atoms with Crippen LogP contribution in [0.3, 0.4) is 0 Å². The monoisotopic (exact) mass is 379 g/mol. The van der Waals surface area contributed by atoms with Gasteiger partial charge in [0.2, 0.25) is 0 Å². The summed E-state index contributed by atoms with van der Waals surface area (Å²) in [6.45, 7) is 1.86. The normalized spacial score (nSPS) is 12.5. The molecule has 2 N–H and O–H groups in total. The molecule has 7 nitrogen and oxygen atoms in total. The Morgan fingerprint density at radius 1 is 1.23 bits per heavy atom. The Morgan fingerprint density at radius 3 is 2.58 bits per heavy atom. The zero-order chi connectivity index (χ0) is 19.3. The van der Waals surface area contributed by atoms with Gasteiger partial charge in [0, 0.05) is 12.8 Å². The first kappa shape index (κ1) is 19.7. The van der Waals surface area contributed by atoms with Gasteiger partial charge in [-0.05, 0) is 31.0 Å². The van der Waals surface area contributed by atoms with Gasteiger partial charge in [-0.15, -0.1) is 0 Å². The first-order valence-corrected chi connectivity index (χ1v) is 10.0. The number of benzene rings is 1. The van der Waals surface area contributed by atoms with E-state index in [1.54, 1.807) is 0 Å². The van der Waals surface area contributed by atoms with E-state index in [-0.39, 0.29) is 30.2 Å². The molecule has 0 radical (unpaired) electrons. The van der Waals surface area contributed by atoms with Gasteiger partial charge in [-0.1, -0.05) is 29.8 Å². The number of nitrogens with one attached hydrogen (secondary N) is 1. The molecule has 2 rings (SSSR count). The zero-order valence-electron chi connectivity index (χ0n) is 14.6. The van der Waals surface area contributed by atoms with Gasteiger partial charge in [0.15, 0.2) is 15.6 Å². The quantitative estimate of drug-likeness (QED) is 0.723. The van der Waals surface area contributed by atoms with Gasteiger partial charge >= 0.3 is 5.97 Å². The Labute approximate surface area is 151 Å². The van der Waals surface area contributed by atoms with Crippen LogP contribution in [-0.4, -0.2) is 38.2 Å². The molecule has 0 saturated carbocycles. The number of hydrogen-bond acceptors (Lipinski definition) is 5. The summed E-state index contributed by atoms with van der Waals surface area (Å²) in [5.74, 6) is -2.57. The van der Waals surface area contributed by atoms with E-state index in [1.165, 1.54) is 12.1 Å². The van der Waals surface area contributed by atoms with Crippen LogP contribution in [0, 0.1) is 12.8 Å². The Bertz CT molecular complexity index is 900. The van der Waals surface area contributed by atoms with Gasteiger partial charge in [-0.3, -0.25) is 9.59 Å². The van der Waals surface area contributed by atoms with Gasteiger partial charge in [-0.25, -0.2) is 8.42 Å². The summed E-state index contributed by atoms with van der Waals surface area (Å²) in [5.41, 5.74) is 1.91. The number of hydrogen-bond donors (Lipinski definition) is 2. The summed E-state index contributed by atoms with van der Waals surface area (Å²) >= 11 is 0. The third kappa shape index (κ3) is 6.03. The molecule has 2 aromatic rings. The van der Waals surface area contributed by atoms with Crippen LogP contribution in [0.15, 0.2) is 40.8 Å². The van der Waals surface area contributed by atoms with Crippen LogP contribution in [0.5, 0.6) is 0 Å². The second-order valence-corrected chi connectivity index (χ2v) is 8.41. The number of rotatable bonds is 8. The minimum atomic E-state index is -3.27. The van der Waals surface area contributed by atoms with Crippen molar-refractivity contribution < 1.29 is 27.5 Å². The summed E-state index contributed by atoms with van der Waals surface area (Å²) in [5, 5.41) is 11.9. The average molecular weight is 379 g/mol. The highest BCUT2D eigenvalue weighted by molar-refractivity contribution is 7.89. The van der Waals surface area contributed by atoms with Crippen LogP contribution >= 0.6 is 0 Å². The first-order valence-electron chi connectivity index (χ1n) is 7.97. The van der Waals surface area contributed by atoms with Crippen molar-refractivity contribution in [3.63, 3.8) is 0 Å². The summed E-state index contributed by atoms with van der Waals surface area (Å²) in [7, 11) is -3.27. The lowest BCUT2D eigenvalue weighted by molar-refractivity contribution is -0.141. The molecule has 140 valence electrons. The van der Waals surface area contributed by atoms with Crippen molar-refractivity contribution in [2.45, 2.75) is 19.1 Å². The van der Waals surface area contributed by atoms with Crippen LogP contribution in [0.1, 0.15) is 27.4 Å². The number of carbonyl (C=O) groups excluding carboxylic acids is 1. The second-order valence-electron chi connectivity index (χ2n) is 6.27. The van der Waals surface area contributed by atoms with Crippen molar-refractivity contribution in [2.24, 2.45) is 5.92 Å². The van der Waals surface area contributed by atoms with Crippen LogP contribution in [0.2, 0.25) is 0 Å². The smallest absolute Gasteiger partial charge is 0.308 e. The topological polar surface area (TPSA) is 114 Å². The van der Waals surface area contributed by atoms with Gasteiger partial charge in [0.1, 0.15) is 11.5 Å². The number of sulfone groups is 1. The number of carbonyl (C=O) groups is 2. The van der Waals surface area contributed by atoms with Crippen LogP contribution < -0.4 is 5.32 Å². The molecule has 0 fully saturated rings. The van der Waals surface area contributed by atoms with Crippen LogP contribution in [0.25, 0.3) is 0 Å². The zero-order valence-corrected chi connectivity index (χ0v) is 15.4. The van der Waals surface area contributed by atoms with Crippen molar-refractivity contribution in [3.8, 4) is 0 Å². The first-order chi connectivity index (χ1) is 12.1. The number of carboxylic acids is 1. The van der Waals surface area contributed by atoms with Crippen LogP contribution in [-0.2, 0) is 26.8 Å². The molecule has 0 bridgehead atoms. The summed E-state index contributed by atoms with van der Waals surface area (Å²) in [6, 6.07) is 10.3. The van der Waals surface area contributed by atoms with Gasteiger partial charge < -0.3 is 14.8 Å². The molecule has 1 atom stereocenters. The maximum Gasteiger partial charge on any atom is 0.308 e. The Balaban J connectivity index is 1.98. The van der Waals surface area contributed by atoms with E-state index in [0.29, 0.717) is 0 Å². The SMILES string of the molecule is Cc1cccc(CC(CNC(=O)c2ccc(CS(C)(=O)=O)o2)C(=O)O)c1. The molecule has 1 aromatic carbocycles. The standard InChI is InChI=1S/C18H21NO6S/c1-12-4-3-5-13(8-12)9-14(18(21)22)10-19-17(20)16-7-6-15(25-16)11-26(2,23)24/h3-8,14H,9-11H2,1-2H3,(H,19,20)(H,21,22).